The summed E-state index contributed by atoms with van der Waals surface area (Å²) in [6.45, 7) is 13.3. The number of hydrogen-bond donors (Lipinski definition) is 1. The fourth-order valence-corrected chi connectivity index (χ4v) is 5.05. The van der Waals surface area contributed by atoms with Gasteiger partial charge in [0, 0.05) is 9.49 Å². The molecule has 0 spiro atoms. The van der Waals surface area contributed by atoms with Crippen LogP contribution in [0.15, 0.2) is 18.3 Å². The summed E-state index contributed by atoms with van der Waals surface area (Å²) in [5, 5.41) is 9.33. The van der Waals surface area contributed by atoms with Crippen LogP contribution in [0.4, 0.5) is 0 Å². The van der Waals surface area contributed by atoms with E-state index in [4.69, 9.17) is 0 Å². The summed E-state index contributed by atoms with van der Waals surface area (Å²) in [5.74, 6) is 0.221. The summed E-state index contributed by atoms with van der Waals surface area (Å²) in [6.07, 6.45) is 1.52. The molecule has 0 aliphatic heterocycles. The van der Waals surface area contributed by atoms with E-state index in [0.717, 1.165) is 5.69 Å². The van der Waals surface area contributed by atoms with Crippen LogP contribution in [0.5, 0.6) is 5.75 Å². The molecule has 0 amide bonds. The van der Waals surface area contributed by atoms with Gasteiger partial charge in [-0.3, -0.25) is 4.98 Å². The highest BCUT2D eigenvalue weighted by atomic mass is 32.2. The second-order valence-electron chi connectivity index (χ2n) is 6.23. The van der Waals surface area contributed by atoms with Crippen molar-refractivity contribution in [1.29, 1.82) is 0 Å². The van der Waals surface area contributed by atoms with Gasteiger partial charge in [-0.1, -0.05) is 41.5 Å². The third-order valence-corrected chi connectivity index (χ3v) is 4.84. The van der Waals surface area contributed by atoms with Gasteiger partial charge in [-0.2, -0.15) is 0 Å². The Morgan fingerprint density at radius 1 is 1.00 bits per heavy atom. The van der Waals surface area contributed by atoms with Crippen LogP contribution >= 0.6 is 23.5 Å². The minimum Gasteiger partial charge on any atom is -0.506 e. The highest BCUT2D eigenvalue weighted by molar-refractivity contribution is 8.17. The van der Waals surface area contributed by atoms with Crippen LogP contribution in [0, 0.1) is 0 Å². The quantitative estimate of drug-likeness (QED) is 0.805. The van der Waals surface area contributed by atoms with E-state index in [1.54, 1.807) is 6.07 Å². The van der Waals surface area contributed by atoms with E-state index >= 15 is 0 Å². The number of nitrogens with zero attached hydrogens (tertiary/aromatic N) is 1. The van der Waals surface area contributed by atoms with Gasteiger partial charge in [-0.05, 0) is 12.1 Å². The zero-order valence-corrected chi connectivity index (χ0v) is 13.7. The van der Waals surface area contributed by atoms with Crippen molar-refractivity contribution in [2.45, 2.75) is 55.6 Å². The number of thioether (sulfide) groups is 2. The first-order chi connectivity index (χ1) is 8.07. The fourth-order valence-electron chi connectivity index (χ4n) is 1.32. The van der Waals surface area contributed by atoms with Crippen LogP contribution in [-0.4, -0.2) is 19.6 Å². The van der Waals surface area contributed by atoms with Gasteiger partial charge in [0.25, 0.3) is 0 Å². The van der Waals surface area contributed by atoms with Crippen molar-refractivity contribution in [3.05, 3.63) is 24.0 Å². The molecule has 0 atom stereocenters. The average Bonchev–Trinajstić information content (AvgIpc) is 2.13. The molecule has 1 aromatic rings. The van der Waals surface area contributed by atoms with Crippen LogP contribution in [0.1, 0.15) is 51.8 Å². The molecule has 0 aliphatic rings. The lowest BCUT2D eigenvalue weighted by atomic mass is 10.3. The first-order valence-electron chi connectivity index (χ1n) is 6.07. The number of pyridine rings is 1. The van der Waals surface area contributed by atoms with Crippen molar-refractivity contribution in [3.8, 4) is 5.75 Å². The van der Waals surface area contributed by atoms with Crippen molar-refractivity contribution in [3.63, 3.8) is 0 Å². The van der Waals surface area contributed by atoms with E-state index in [9.17, 15) is 5.11 Å². The molecule has 18 heavy (non-hydrogen) atoms. The molecule has 0 radical (unpaired) electrons. The maximum atomic E-state index is 9.33. The topological polar surface area (TPSA) is 33.1 Å². The van der Waals surface area contributed by atoms with Crippen molar-refractivity contribution in [1.82, 2.24) is 4.98 Å². The van der Waals surface area contributed by atoms with Gasteiger partial charge in [0.15, 0.2) is 0 Å². The van der Waals surface area contributed by atoms with Gasteiger partial charge in [-0.25, -0.2) is 0 Å². The van der Waals surface area contributed by atoms with Crippen molar-refractivity contribution < 1.29 is 5.11 Å². The summed E-state index contributed by atoms with van der Waals surface area (Å²) < 4.78 is 0.649. The molecule has 1 heterocycles. The Kier molecular flexibility index (Phi) is 5.01. The Balaban J connectivity index is 2.93. The summed E-state index contributed by atoms with van der Waals surface area (Å²) in [7, 11) is 0. The van der Waals surface area contributed by atoms with E-state index in [1.165, 1.54) is 6.20 Å². The Morgan fingerprint density at radius 2 is 1.50 bits per heavy atom. The van der Waals surface area contributed by atoms with E-state index in [2.05, 4.69) is 46.5 Å². The minimum absolute atomic E-state index is 0.183. The standard InChI is InChI=1S/C14H23NOS2/c1-13(2,3)17-12(18-14(4,5)6)11-8-7-10(16)9-15-11/h7-9,12,16H,1-6H3. The summed E-state index contributed by atoms with van der Waals surface area (Å²) in [5.41, 5.74) is 1.02. The molecule has 0 saturated heterocycles. The van der Waals surface area contributed by atoms with Crippen LogP contribution in [-0.2, 0) is 0 Å². The predicted molar refractivity (Wildman–Crippen MR) is 83.3 cm³/mol. The summed E-state index contributed by atoms with van der Waals surface area (Å²) >= 11 is 3.81. The lowest BCUT2D eigenvalue weighted by molar-refractivity contribution is 0.472. The smallest absolute Gasteiger partial charge is 0.133 e. The van der Waals surface area contributed by atoms with Gasteiger partial charge < -0.3 is 5.11 Å². The molecule has 0 bridgehead atoms. The van der Waals surface area contributed by atoms with E-state index in [-0.39, 0.29) is 19.8 Å². The summed E-state index contributed by atoms with van der Waals surface area (Å²) in [4.78, 5) is 4.36. The zero-order valence-electron chi connectivity index (χ0n) is 12.0. The molecule has 4 heteroatoms. The van der Waals surface area contributed by atoms with Crippen LogP contribution in [0.25, 0.3) is 0 Å². The Labute approximate surface area is 119 Å². The SMILES string of the molecule is CC(C)(C)SC(SC(C)(C)C)c1ccc(O)cn1. The first kappa shape index (κ1) is 15.7. The highest BCUT2D eigenvalue weighted by Crippen LogP contribution is 2.49. The fraction of sp³-hybridized carbons (Fsp3) is 0.643. The second-order valence-corrected chi connectivity index (χ2v) is 10.4. The maximum absolute atomic E-state index is 9.33. The van der Waals surface area contributed by atoms with Crippen LogP contribution in [0.3, 0.4) is 0 Å². The molecule has 1 aromatic heterocycles. The van der Waals surface area contributed by atoms with Crippen LogP contribution < -0.4 is 0 Å². The monoisotopic (exact) mass is 285 g/mol. The van der Waals surface area contributed by atoms with Gasteiger partial charge in [-0.15, -0.1) is 23.5 Å². The normalized spacial score (nSPS) is 13.1. The molecular formula is C14H23NOS2. The molecule has 0 unspecified atom stereocenters. The average molecular weight is 285 g/mol. The third kappa shape index (κ3) is 6.01. The number of aromatic hydroxyl groups is 1. The third-order valence-electron chi connectivity index (χ3n) is 1.93. The van der Waals surface area contributed by atoms with Crippen molar-refractivity contribution in [2.24, 2.45) is 0 Å². The molecule has 0 saturated carbocycles. The van der Waals surface area contributed by atoms with Gasteiger partial charge >= 0.3 is 0 Å². The number of hydrogen-bond acceptors (Lipinski definition) is 4. The van der Waals surface area contributed by atoms with E-state index in [1.807, 2.05) is 29.6 Å². The van der Waals surface area contributed by atoms with Gasteiger partial charge in [0.1, 0.15) is 5.75 Å². The number of aromatic nitrogens is 1. The second kappa shape index (κ2) is 5.74. The molecule has 0 fully saturated rings. The lowest BCUT2D eigenvalue weighted by Gasteiger charge is -2.30. The molecule has 0 aromatic carbocycles. The van der Waals surface area contributed by atoms with Crippen molar-refractivity contribution in [2.75, 3.05) is 0 Å². The molecular weight excluding hydrogens is 262 g/mol. The van der Waals surface area contributed by atoms with Crippen LogP contribution in [0.2, 0.25) is 0 Å². The van der Waals surface area contributed by atoms with Crippen molar-refractivity contribution >= 4 is 23.5 Å². The first-order valence-corrected chi connectivity index (χ1v) is 7.83. The molecule has 1 rings (SSSR count). The molecule has 1 N–H and O–H groups in total. The highest BCUT2D eigenvalue weighted by Gasteiger charge is 2.27. The van der Waals surface area contributed by atoms with Gasteiger partial charge in [0.2, 0.25) is 0 Å². The molecule has 102 valence electrons. The largest absolute Gasteiger partial charge is 0.506 e. The zero-order chi connectivity index (χ0) is 14.0. The predicted octanol–water partition coefficient (Wildman–Crippen LogP) is 4.85. The Morgan fingerprint density at radius 3 is 1.83 bits per heavy atom. The Bertz CT molecular complexity index is 360. The Hall–Kier alpha value is -0.350. The van der Waals surface area contributed by atoms with Gasteiger partial charge in [0.05, 0.1) is 16.5 Å². The van der Waals surface area contributed by atoms with E-state index < -0.39 is 0 Å². The minimum atomic E-state index is 0.183. The van der Waals surface area contributed by atoms with E-state index in [0.29, 0.717) is 0 Å². The lowest BCUT2D eigenvalue weighted by Crippen LogP contribution is -2.15. The molecule has 2 nitrogen and oxygen atoms in total. The maximum Gasteiger partial charge on any atom is 0.133 e. The number of rotatable bonds is 3. The summed E-state index contributed by atoms with van der Waals surface area (Å²) in [6, 6.07) is 3.62. The molecule has 0 aliphatic carbocycles.